The first-order valence-corrected chi connectivity index (χ1v) is 9.04. The van der Waals surface area contributed by atoms with Crippen LogP contribution in [0.5, 0.6) is 0 Å². The Morgan fingerprint density at radius 3 is 1.71 bits per heavy atom. The van der Waals surface area contributed by atoms with Gasteiger partial charge in [-0.3, -0.25) is 4.79 Å². The van der Waals surface area contributed by atoms with Gasteiger partial charge < -0.3 is 5.11 Å². The first-order chi connectivity index (χ1) is 10.1. The normalized spacial score (nSPS) is 25.5. The molecule has 2 nitrogen and oxygen atoms in total. The van der Waals surface area contributed by atoms with Gasteiger partial charge in [0.15, 0.2) is 5.78 Å². The average molecular weight is 292 g/mol. The summed E-state index contributed by atoms with van der Waals surface area (Å²) in [4.78, 5) is 12.8. The van der Waals surface area contributed by atoms with Crippen molar-refractivity contribution in [1.82, 2.24) is 0 Å². The van der Waals surface area contributed by atoms with E-state index in [0.29, 0.717) is 5.76 Å². The van der Waals surface area contributed by atoms with Crippen LogP contribution in [0.1, 0.15) is 90.9 Å². The van der Waals surface area contributed by atoms with E-state index < -0.39 is 0 Å². The molecule has 0 heterocycles. The van der Waals surface area contributed by atoms with E-state index in [9.17, 15) is 9.90 Å². The first kappa shape index (κ1) is 16.6. The second-order valence-electron chi connectivity index (χ2n) is 7.28. The van der Waals surface area contributed by atoms with Crippen LogP contribution < -0.4 is 0 Å². The fourth-order valence-electron chi connectivity index (χ4n) is 4.45. The van der Waals surface area contributed by atoms with Crippen molar-refractivity contribution in [3.05, 3.63) is 11.8 Å². The van der Waals surface area contributed by atoms with Crippen LogP contribution in [-0.2, 0) is 4.79 Å². The van der Waals surface area contributed by atoms with Gasteiger partial charge in [-0.1, -0.05) is 52.4 Å². The SMILES string of the molecule is CCC1(C(=O)/C=C(\O)C2(CC)CCCCC2)CCCCC1. The molecule has 0 amide bonds. The number of rotatable bonds is 5. The highest BCUT2D eigenvalue weighted by Crippen LogP contribution is 2.46. The number of aliphatic hydroxyl groups excluding tert-OH is 1. The molecule has 0 bridgehead atoms. The molecule has 0 saturated heterocycles. The zero-order valence-electron chi connectivity index (χ0n) is 13.9. The minimum Gasteiger partial charge on any atom is -0.512 e. The van der Waals surface area contributed by atoms with Gasteiger partial charge in [-0.15, -0.1) is 0 Å². The van der Waals surface area contributed by atoms with Gasteiger partial charge in [-0.05, 0) is 38.5 Å². The van der Waals surface area contributed by atoms with Gasteiger partial charge in [-0.2, -0.15) is 0 Å². The topological polar surface area (TPSA) is 37.3 Å². The molecule has 0 aromatic carbocycles. The predicted octanol–water partition coefficient (Wildman–Crippen LogP) is 5.72. The van der Waals surface area contributed by atoms with Crippen LogP contribution in [0.3, 0.4) is 0 Å². The van der Waals surface area contributed by atoms with Crippen LogP contribution in [0.15, 0.2) is 11.8 Å². The van der Waals surface area contributed by atoms with E-state index in [1.165, 1.54) is 25.7 Å². The van der Waals surface area contributed by atoms with Crippen molar-refractivity contribution < 1.29 is 9.90 Å². The fourth-order valence-corrected chi connectivity index (χ4v) is 4.45. The Morgan fingerprint density at radius 2 is 1.29 bits per heavy atom. The predicted molar refractivity (Wildman–Crippen MR) is 87.3 cm³/mol. The van der Waals surface area contributed by atoms with Gasteiger partial charge in [0, 0.05) is 16.9 Å². The standard InChI is InChI=1S/C19H32O2/c1-3-18(11-7-5-8-12-18)16(20)15-17(21)19(4-2)13-9-6-10-14-19/h15,20H,3-14H2,1-2H3/b16-15-. The van der Waals surface area contributed by atoms with Crippen LogP contribution >= 0.6 is 0 Å². The van der Waals surface area contributed by atoms with Crippen LogP contribution in [-0.4, -0.2) is 10.9 Å². The highest BCUT2D eigenvalue weighted by atomic mass is 16.3. The minimum atomic E-state index is -0.185. The molecule has 21 heavy (non-hydrogen) atoms. The molecular weight excluding hydrogens is 260 g/mol. The van der Waals surface area contributed by atoms with Crippen molar-refractivity contribution in [2.75, 3.05) is 0 Å². The van der Waals surface area contributed by atoms with Gasteiger partial charge in [-0.25, -0.2) is 0 Å². The van der Waals surface area contributed by atoms with Crippen LogP contribution in [0.2, 0.25) is 0 Å². The van der Waals surface area contributed by atoms with E-state index >= 15 is 0 Å². The highest BCUT2D eigenvalue weighted by molar-refractivity contribution is 5.95. The smallest absolute Gasteiger partial charge is 0.165 e. The van der Waals surface area contributed by atoms with E-state index in [1.807, 2.05) is 0 Å². The number of ketones is 1. The molecule has 0 aromatic rings. The summed E-state index contributed by atoms with van der Waals surface area (Å²) in [6.45, 7) is 4.28. The lowest BCUT2D eigenvalue weighted by atomic mass is 9.67. The highest BCUT2D eigenvalue weighted by Gasteiger charge is 2.39. The Labute approximate surface area is 130 Å². The van der Waals surface area contributed by atoms with Gasteiger partial charge in [0.05, 0.1) is 0 Å². The Hall–Kier alpha value is -0.790. The van der Waals surface area contributed by atoms with Crippen molar-refractivity contribution in [2.24, 2.45) is 10.8 Å². The molecule has 2 rings (SSSR count). The van der Waals surface area contributed by atoms with Crippen molar-refractivity contribution in [3.8, 4) is 0 Å². The molecule has 2 aliphatic carbocycles. The molecule has 0 unspecified atom stereocenters. The molecule has 2 fully saturated rings. The number of aliphatic hydroxyl groups is 1. The van der Waals surface area contributed by atoms with E-state index in [1.54, 1.807) is 6.08 Å². The van der Waals surface area contributed by atoms with E-state index in [2.05, 4.69) is 13.8 Å². The summed E-state index contributed by atoms with van der Waals surface area (Å²) >= 11 is 0. The summed E-state index contributed by atoms with van der Waals surface area (Å²) in [7, 11) is 0. The Bertz CT molecular complexity index is 382. The van der Waals surface area contributed by atoms with E-state index in [0.717, 1.165) is 51.4 Å². The summed E-state index contributed by atoms with van der Waals surface area (Å²) in [5.74, 6) is 0.577. The Morgan fingerprint density at radius 1 is 0.857 bits per heavy atom. The molecule has 0 atom stereocenters. The number of carbonyl (C=O) groups excluding carboxylic acids is 1. The third-order valence-electron chi connectivity index (χ3n) is 6.31. The van der Waals surface area contributed by atoms with Gasteiger partial charge in [0.25, 0.3) is 0 Å². The molecule has 2 heteroatoms. The van der Waals surface area contributed by atoms with E-state index in [-0.39, 0.29) is 16.6 Å². The zero-order valence-corrected chi connectivity index (χ0v) is 13.9. The van der Waals surface area contributed by atoms with Crippen molar-refractivity contribution in [3.63, 3.8) is 0 Å². The second-order valence-corrected chi connectivity index (χ2v) is 7.28. The van der Waals surface area contributed by atoms with Crippen molar-refractivity contribution in [2.45, 2.75) is 90.9 Å². The van der Waals surface area contributed by atoms with Crippen LogP contribution in [0.4, 0.5) is 0 Å². The fraction of sp³-hybridized carbons (Fsp3) is 0.842. The van der Waals surface area contributed by atoms with Gasteiger partial charge in [0.1, 0.15) is 5.76 Å². The molecule has 0 radical (unpaired) electrons. The Balaban J connectivity index is 2.17. The zero-order chi connectivity index (χ0) is 15.3. The summed E-state index contributed by atoms with van der Waals surface area (Å²) in [5.41, 5.74) is -0.298. The third kappa shape index (κ3) is 3.35. The molecule has 1 N–H and O–H groups in total. The molecule has 0 spiro atoms. The van der Waals surface area contributed by atoms with Crippen molar-refractivity contribution in [1.29, 1.82) is 0 Å². The van der Waals surface area contributed by atoms with Crippen LogP contribution in [0, 0.1) is 10.8 Å². The quantitative estimate of drug-likeness (QED) is 0.520. The first-order valence-electron chi connectivity index (χ1n) is 9.04. The monoisotopic (exact) mass is 292 g/mol. The number of allylic oxidation sites excluding steroid dienone is 2. The molecule has 2 aliphatic rings. The summed E-state index contributed by atoms with van der Waals surface area (Å²) < 4.78 is 0. The minimum absolute atomic E-state index is 0.114. The second kappa shape index (κ2) is 6.98. The lowest BCUT2D eigenvalue weighted by molar-refractivity contribution is -0.126. The van der Waals surface area contributed by atoms with Gasteiger partial charge in [0.2, 0.25) is 0 Å². The maximum Gasteiger partial charge on any atom is 0.165 e. The average Bonchev–Trinajstić information content (AvgIpc) is 2.55. The molecular formula is C19H32O2. The van der Waals surface area contributed by atoms with E-state index in [4.69, 9.17) is 0 Å². The molecule has 2 saturated carbocycles. The van der Waals surface area contributed by atoms with Crippen molar-refractivity contribution >= 4 is 5.78 Å². The third-order valence-corrected chi connectivity index (χ3v) is 6.31. The summed E-state index contributed by atoms with van der Waals surface area (Å²) in [5, 5.41) is 10.7. The number of carbonyl (C=O) groups is 1. The molecule has 0 aromatic heterocycles. The number of hydrogen-bond acceptors (Lipinski definition) is 2. The lowest BCUT2D eigenvalue weighted by Gasteiger charge is -2.37. The number of hydrogen-bond donors (Lipinski definition) is 1. The largest absolute Gasteiger partial charge is 0.512 e. The summed E-state index contributed by atoms with van der Waals surface area (Å²) in [6, 6.07) is 0. The van der Waals surface area contributed by atoms with Gasteiger partial charge >= 0.3 is 0 Å². The molecule has 0 aliphatic heterocycles. The maximum atomic E-state index is 12.8. The summed E-state index contributed by atoms with van der Waals surface area (Å²) in [6.07, 6.45) is 14.8. The maximum absolute atomic E-state index is 12.8. The molecule has 120 valence electrons. The lowest BCUT2D eigenvalue weighted by Crippen LogP contribution is -2.33. The Kier molecular flexibility index (Phi) is 5.51. The van der Waals surface area contributed by atoms with Crippen LogP contribution in [0.25, 0.3) is 0 Å².